The van der Waals surface area contributed by atoms with Crippen molar-refractivity contribution in [1.29, 1.82) is 0 Å². The third kappa shape index (κ3) is 3.98. The van der Waals surface area contributed by atoms with Gasteiger partial charge in [0.1, 0.15) is 23.9 Å². The quantitative estimate of drug-likeness (QED) is 0.498. The lowest BCUT2D eigenvalue weighted by atomic mass is 10.1. The first-order valence-corrected chi connectivity index (χ1v) is 9.52. The van der Waals surface area contributed by atoms with E-state index in [2.05, 4.69) is 0 Å². The maximum atomic E-state index is 12.7. The van der Waals surface area contributed by atoms with Crippen LogP contribution in [0, 0.1) is 6.92 Å². The van der Waals surface area contributed by atoms with Crippen LogP contribution in [0.1, 0.15) is 27.0 Å². The van der Waals surface area contributed by atoms with E-state index in [9.17, 15) is 4.79 Å². The van der Waals surface area contributed by atoms with E-state index >= 15 is 0 Å². The van der Waals surface area contributed by atoms with E-state index in [1.807, 2.05) is 43.3 Å². The Bertz CT molecular complexity index is 1100. The number of carbonyl (C=O) groups excluding carboxylic acids is 1. The maximum absolute atomic E-state index is 12.7. The van der Waals surface area contributed by atoms with Crippen molar-refractivity contribution < 1.29 is 19.0 Å². The van der Waals surface area contributed by atoms with Gasteiger partial charge in [-0.15, -0.1) is 0 Å². The summed E-state index contributed by atoms with van der Waals surface area (Å²) in [6.45, 7) is 2.29. The number of methoxy groups -OCH3 is 1. The Kier molecular flexibility index (Phi) is 5.28. The normalized spacial score (nSPS) is 13.9. The molecule has 146 valence electrons. The van der Waals surface area contributed by atoms with Gasteiger partial charge in [-0.2, -0.15) is 0 Å². The van der Waals surface area contributed by atoms with Gasteiger partial charge in [0.2, 0.25) is 5.78 Å². The van der Waals surface area contributed by atoms with Crippen LogP contribution in [0.3, 0.4) is 0 Å². The molecule has 3 aromatic rings. The number of ether oxygens (including phenoxy) is 3. The zero-order valence-corrected chi connectivity index (χ0v) is 16.8. The van der Waals surface area contributed by atoms with Gasteiger partial charge < -0.3 is 14.2 Å². The summed E-state index contributed by atoms with van der Waals surface area (Å²) in [4.78, 5) is 12.7. The maximum Gasteiger partial charge on any atom is 0.231 e. The van der Waals surface area contributed by atoms with Crippen LogP contribution in [-0.2, 0) is 6.61 Å². The number of benzene rings is 3. The van der Waals surface area contributed by atoms with Crippen LogP contribution in [0.25, 0.3) is 6.08 Å². The summed E-state index contributed by atoms with van der Waals surface area (Å²) in [5.74, 6) is 2.14. The molecule has 0 saturated heterocycles. The monoisotopic (exact) mass is 406 g/mol. The molecule has 29 heavy (non-hydrogen) atoms. The number of fused-ring (bicyclic) bond motifs is 1. The van der Waals surface area contributed by atoms with Gasteiger partial charge in [0.05, 0.1) is 12.7 Å². The topological polar surface area (TPSA) is 44.8 Å². The standard InChI is InChI=1S/C24H19ClO4/c1-15-21(28-14-16-6-8-19(27-2)9-7-16)11-10-20-23(26)22(29-24(15)20)13-17-4-3-5-18(25)12-17/h3-13H,14H2,1-2H3/b22-13-. The van der Waals surface area contributed by atoms with E-state index in [0.29, 0.717) is 28.7 Å². The average molecular weight is 407 g/mol. The van der Waals surface area contributed by atoms with Gasteiger partial charge in [-0.05, 0) is 60.5 Å². The molecule has 0 atom stereocenters. The fourth-order valence-corrected chi connectivity index (χ4v) is 3.35. The van der Waals surface area contributed by atoms with Crippen molar-refractivity contribution in [3.05, 3.63) is 93.7 Å². The highest BCUT2D eigenvalue weighted by atomic mass is 35.5. The summed E-state index contributed by atoms with van der Waals surface area (Å²) >= 11 is 6.03. The highest BCUT2D eigenvalue weighted by Crippen LogP contribution is 2.39. The number of ketones is 1. The molecule has 0 spiro atoms. The number of halogens is 1. The molecule has 1 aliphatic rings. The van der Waals surface area contributed by atoms with E-state index < -0.39 is 0 Å². The van der Waals surface area contributed by atoms with Gasteiger partial charge in [0.25, 0.3) is 0 Å². The third-order valence-electron chi connectivity index (χ3n) is 4.74. The van der Waals surface area contributed by atoms with Crippen molar-refractivity contribution in [3.8, 4) is 17.2 Å². The van der Waals surface area contributed by atoms with Crippen LogP contribution in [0.15, 0.2) is 66.4 Å². The number of allylic oxidation sites excluding steroid dienone is 1. The van der Waals surface area contributed by atoms with Crippen LogP contribution in [0.2, 0.25) is 5.02 Å². The summed E-state index contributed by atoms with van der Waals surface area (Å²) in [7, 11) is 1.63. The molecule has 0 unspecified atom stereocenters. The van der Waals surface area contributed by atoms with E-state index in [4.69, 9.17) is 25.8 Å². The molecule has 0 amide bonds. The predicted molar refractivity (Wildman–Crippen MR) is 113 cm³/mol. The Hall–Kier alpha value is -3.24. The van der Waals surface area contributed by atoms with E-state index in [-0.39, 0.29) is 11.5 Å². The number of carbonyl (C=O) groups is 1. The minimum absolute atomic E-state index is 0.148. The lowest BCUT2D eigenvalue weighted by Crippen LogP contribution is -1.98. The Morgan fingerprint density at radius 1 is 1.07 bits per heavy atom. The number of hydrogen-bond donors (Lipinski definition) is 0. The van der Waals surface area contributed by atoms with Crippen molar-refractivity contribution in [2.45, 2.75) is 13.5 Å². The molecule has 1 aliphatic heterocycles. The molecule has 1 heterocycles. The summed E-state index contributed by atoms with van der Waals surface area (Å²) in [5.41, 5.74) is 3.15. The van der Waals surface area contributed by atoms with Gasteiger partial charge in [-0.25, -0.2) is 0 Å². The van der Waals surface area contributed by atoms with E-state index in [0.717, 1.165) is 22.4 Å². The van der Waals surface area contributed by atoms with Gasteiger partial charge >= 0.3 is 0 Å². The zero-order valence-electron chi connectivity index (χ0n) is 16.1. The molecule has 0 fully saturated rings. The molecule has 0 N–H and O–H groups in total. The molecule has 4 nitrogen and oxygen atoms in total. The van der Waals surface area contributed by atoms with Gasteiger partial charge in [0.15, 0.2) is 5.76 Å². The fourth-order valence-electron chi connectivity index (χ4n) is 3.15. The van der Waals surface area contributed by atoms with Crippen molar-refractivity contribution in [2.75, 3.05) is 7.11 Å². The lowest BCUT2D eigenvalue weighted by molar-refractivity contribution is 0.101. The molecular weight excluding hydrogens is 388 g/mol. The van der Waals surface area contributed by atoms with Crippen molar-refractivity contribution in [3.63, 3.8) is 0 Å². The largest absolute Gasteiger partial charge is 0.497 e. The number of rotatable bonds is 5. The SMILES string of the molecule is COc1ccc(COc2ccc3c(c2C)O/C(=C\c2cccc(Cl)c2)C3=O)cc1. The molecule has 0 bridgehead atoms. The molecule has 3 aromatic carbocycles. The lowest BCUT2D eigenvalue weighted by Gasteiger charge is -2.12. The second kappa shape index (κ2) is 8.02. The molecule has 0 aromatic heterocycles. The van der Waals surface area contributed by atoms with Crippen molar-refractivity contribution in [1.82, 2.24) is 0 Å². The minimum Gasteiger partial charge on any atom is -0.497 e. The highest BCUT2D eigenvalue weighted by Gasteiger charge is 2.30. The molecular formula is C24H19ClO4. The summed E-state index contributed by atoms with van der Waals surface area (Å²) in [6.07, 6.45) is 1.70. The molecule has 0 saturated carbocycles. The second-order valence-corrected chi connectivity index (χ2v) is 7.13. The van der Waals surface area contributed by atoms with Crippen molar-refractivity contribution in [2.24, 2.45) is 0 Å². The van der Waals surface area contributed by atoms with Crippen LogP contribution in [0.4, 0.5) is 0 Å². The number of hydrogen-bond acceptors (Lipinski definition) is 4. The smallest absolute Gasteiger partial charge is 0.231 e. The Morgan fingerprint density at radius 3 is 2.59 bits per heavy atom. The Labute approximate surface area is 174 Å². The van der Waals surface area contributed by atoms with Crippen LogP contribution in [0.5, 0.6) is 17.2 Å². The van der Waals surface area contributed by atoms with Gasteiger partial charge in [0, 0.05) is 10.6 Å². The van der Waals surface area contributed by atoms with E-state index in [1.165, 1.54) is 0 Å². The second-order valence-electron chi connectivity index (χ2n) is 6.70. The van der Waals surface area contributed by atoms with Crippen LogP contribution >= 0.6 is 11.6 Å². The fraction of sp³-hybridized carbons (Fsp3) is 0.125. The van der Waals surface area contributed by atoms with Crippen LogP contribution < -0.4 is 14.2 Å². The van der Waals surface area contributed by atoms with Crippen LogP contribution in [-0.4, -0.2) is 12.9 Å². The Morgan fingerprint density at radius 2 is 1.86 bits per heavy atom. The van der Waals surface area contributed by atoms with Crippen molar-refractivity contribution >= 4 is 23.5 Å². The average Bonchev–Trinajstić information content (AvgIpc) is 3.04. The molecule has 4 rings (SSSR count). The summed E-state index contributed by atoms with van der Waals surface area (Å²) in [5, 5.41) is 0.604. The van der Waals surface area contributed by atoms with Gasteiger partial charge in [-0.3, -0.25) is 4.79 Å². The molecule has 0 aliphatic carbocycles. The minimum atomic E-state index is -0.148. The predicted octanol–water partition coefficient (Wildman–Crippen LogP) is 5.85. The van der Waals surface area contributed by atoms with E-state index in [1.54, 1.807) is 37.5 Å². The number of Topliss-reactive ketones (excluding diaryl/α,β-unsaturated/α-hetero) is 1. The summed E-state index contributed by atoms with van der Waals surface area (Å²) in [6, 6.07) is 18.5. The Balaban J connectivity index is 1.54. The zero-order chi connectivity index (χ0) is 20.4. The summed E-state index contributed by atoms with van der Waals surface area (Å²) < 4.78 is 17.0. The highest BCUT2D eigenvalue weighted by molar-refractivity contribution is 6.30. The first kappa shape index (κ1) is 19.1. The molecule has 5 heteroatoms. The third-order valence-corrected chi connectivity index (χ3v) is 4.97. The molecule has 0 radical (unpaired) electrons. The first-order valence-electron chi connectivity index (χ1n) is 9.14. The van der Waals surface area contributed by atoms with Gasteiger partial charge in [-0.1, -0.05) is 35.9 Å². The first-order chi connectivity index (χ1) is 14.0.